The Labute approximate surface area is 219 Å². The van der Waals surface area contributed by atoms with Gasteiger partial charge in [-0.05, 0) is 0 Å². The maximum atomic E-state index is 11.7. The van der Waals surface area contributed by atoms with Crippen LogP contribution in [0, 0.1) is 6.92 Å². The number of fused-ring (bicyclic) bond motifs is 2. The van der Waals surface area contributed by atoms with Crippen LogP contribution in [0.5, 0.6) is 5.75 Å². The van der Waals surface area contributed by atoms with Gasteiger partial charge in [-0.25, -0.2) is 0 Å². The van der Waals surface area contributed by atoms with Crippen molar-refractivity contribution in [2.24, 2.45) is 0 Å². The number of hydrogen-bond donors (Lipinski definition) is 1. The van der Waals surface area contributed by atoms with E-state index in [1.54, 1.807) is 0 Å². The third kappa shape index (κ3) is 5.58. The molecule has 1 N–H and O–H groups in total. The summed E-state index contributed by atoms with van der Waals surface area (Å²) in [7, 11) is 0. The topological polar surface area (TPSA) is 46.5 Å². The molecule has 1 heterocycles. The second kappa shape index (κ2) is 11.3. The normalized spacial score (nSPS) is 17.1. The summed E-state index contributed by atoms with van der Waals surface area (Å²) >= 11 is 0.158. The zero-order valence-corrected chi connectivity index (χ0v) is 22.4. The SMILES string of the molecule is Cc1ccc([C@H]2C[C@H](C[As]CCc3cccc4ccccc34)Oc3ccccc32)cc1C(=O)O.Cl. The standard InChI is InChI=1S/C30H28AsO3.ClH/c1-20-13-14-23(17-27(20)30(32)33)28-18-24(34-29-12-5-4-11-26(28)29)19-31-16-15-22-9-6-8-21-7-2-3-10-25(21)22;/h2-14,17,24,28H,15-16,18-19H2,1H3,(H,32,33);1H/t24-,28-;/m1./s1. The molecule has 4 aromatic carbocycles. The van der Waals surface area contributed by atoms with E-state index in [-0.39, 0.29) is 40.2 Å². The van der Waals surface area contributed by atoms with Crippen LogP contribution in [0.2, 0.25) is 10.4 Å². The number of aromatic carboxylic acids is 1. The van der Waals surface area contributed by atoms with Crippen LogP contribution in [0.15, 0.2) is 84.9 Å². The summed E-state index contributed by atoms with van der Waals surface area (Å²) in [4.78, 5) is 11.7. The van der Waals surface area contributed by atoms with Crippen LogP contribution >= 0.6 is 12.4 Å². The zero-order valence-electron chi connectivity index (χ0n) is 19.7. The van der Waals surface area contributed by atoms with Crippen LogP contribution in [-0.4, -0.2) is 32.9 Å². The Hall–Kier alpha value is -2.74. The number of carbonyl (C=O) groups is 1. The minimum Gasteiger partial charge on any atom is -0.147 e. The quantitative estimate of drug-likeness (QED) is 0.195. The number of aryl methyl sites for hydroxylation is 2. The Kier molecular flexibility index (Phi) is 8.21. The van der Waals surface area contributed by atoms with Crippen molar-refractivity contribution in [1.82, 2.24) is 0 Å². The van der Waals surface area contributed by atoms with Crippen LogP contribution in [0.1, 0.15) is 45.0 Å². The Balaban J connectivity index is 0.00000289. The molecule has 1 aliphatic rings. The van der Waals surface area contributed by atoms with Crippen molar-refractivity contribution in [1.29, 1.82) is 0 Å². The van der Waals surface area contributed by atoms with Gasteiger partial charge in [0.15, 0.2) is 0 Å². The van der Waals surface area contributed by atoms with E-state index < -0.39 is 5.97 Å². The van der Waals surface area contributed by atoms with Crippen LogP contribution in [0.25, 0.3) is 10.8 Å². The monoisotopic (exact) mass is 547 g/mol. The van der Waals surface area contributed by atoms with E-state index in [9.17, 15) is 9.90 Å². The minimum atomic E-state index is -0.866. The summed E-state index contributed by atoms with van der Waals surface area (Å²) in [5, 5.41) is 14.6. The zero-order chi connectivity index (χ0) is 23.5. The smallest absolute Gasteiger partial charge is 0.147 e. The maximum Gasteiger partial charge on any atom is -0.147 e. The summed E-state index contributed by atoms with van der Waals surface area (Å²) in [6.07, 6.45) is 2.17. The number of rotatable bonds is 7. The average Bonchev–Trinajstić information content (AvgIpc) is 2.86. The molecule has 5 rings (SSSR count). The van der Waals surface area contributed by atoms with Gasteiger partial charge in [0.25, 0.3) is 0 Å². The van der Waals surface area contributed by atoms with Gasteiger partial charge in [0.05, 0.1) is 0 Å². The van der Waals surface area contributed by atoms with Gasteiger partial charge in [-0.3, -0.25) is 0 Å². The number of ether oxygens (including phenoxy) is 1. The number of para-hydroxylation sites is 1. The minimum absolute atomic E-state index is 0. The second-order valence-corrected chi connectivity index (χ2v) is 11.6. The number of carboxylic acids is 1. The van der Waals surface area contributed by atoms with E-state index >= 15 is 0 Å². The molecular formula is C30H29AsClO3. The summed E-state index contributed by atoms with van der Waals surface area (Å²) in [5.41, 5.74) is 4.84. The fraction of sp³-hybridized carbons (Fsp3) is 0.233. The Morgan fingerprint density at radius 1 is 1.00 bits per heavy atom. The molecule has 0 unspecified atom stereocenters. The van der Waals surface area contributed by atoms with Gasteiger partial charge >= 0.3 is 208 Å². The second-order valence-electron chi connectivity index (χ2n) is 8.96. The van der Waals surface area contributed by atoms with Crippen LogP contribution < -0.4 is 4.74 Å². The molecule has 1 aliphatic heterocycles. The van der Waals surface area contributed by atoms with Crippen molar-refractivity contribution < 1.29 is 14.6 Å². The summed E-state index contributed by atoms with van der Waals surface area (Å²) in [6.45, 7) is 1.85. The van der Waals surface area contributed by atoms with Gasteiger partial charge in [-0.2, -0.15) is 0 Å². The van der Waals surface area contributed by atoms with Crippen molar-refractivity contribution in [2.45, 2.75) is 42.2 Å². The van der Waals surface area contributed by atoms with Crippen molar-refractivity contribution >= 4 is 44.9 Å². The molecule has 0 fully saturated rings. The number of halogens is 1. The number of hydrogen-bond acceptors (Lipinski definition) is 2. The molecular weight excluding hydrogens is 519 g/mol. The molecule has 0 aromatic heterocycles. The van der Waals surface area contributed by atoms with Crippen molar-refractivity contribution in [2.75, 3.05) is 0 Å². The first-order valence-corrected chi connectivity index (χ1v) is 14.4. The molecule has 3 nitrogen and oxygen atoms in total. The van der Waals surface area contributed by atoms with Gasteiger partial charge in [-0.1, -0.05) is 0 Å². The van der Waals surface area contributed by atoms with Crippen LogP contribution in [0.4, 0.5) is 0 Å². The predicted octanol–water partition coefficient (Wildman–Crippen LogP) is 7.33. The molecule has 0 amide bonds. The van der Waals surface area contributed by atoms with E-state index in [0.717, 1.165) is 40.5 Å². The average molecular weight is 548 g/mol. The molecule has 4 aromatic rings. The van der Waals surface area contributed by atoms with Gasteiger partial charge in [-0.15, -0.1) is 12.4 Å². The molecule has 0 aliphatic carbocycles. The first-order valence-electron chi connectivity index (χ1n) is 11.8. The molecule has 5 heteroatoms. The Morgan fingerprint density at radius 3 is 2.63 bits per heavy atom. The molecule has 179 valence electrons. The fourth-order valence-corrected chi connectivity index (χ4v) is 7.25. The molecule has 2 atom stereocenters. The largest absolute Gasteiger partial charge is 0.147 e. The number of benzene rings is 4. The first-order chi connectivity index (χ1) is 16.6. The Morgan fingerprint density at radius 2 is 1.77 bits per heavy atom. The van der Waals surface area contributed by atoms with Crippen molar-refractivity contribution in [3.63, 3.8) is 0 Å². The van der Waals surface area contributed by atoms with Crippen LogP contribution in [0.3, 0.4) is 0 Å². The van der Waals surface area contributed by atoms with Crippen molar-refractivity contribution in [3.8, 4) is 5.75 Å². The van der Waals surface area contributed by atoms with E-state index in [1.807, 2.05) is 37.3 Å². The first kappa shape index (κ1) is 25.4. The summed E-state index contributed by atoms with van der Waals surface area (Å²) in [5.74, 6) is 0.235. The van der Waals surface area contributed by atoms with E-state index in [1.165, 1.54) is 21.5 Å². The Bertz CT molecular complexity index is 1330. The maximum absolute atomic E-state index is 11.7. The summed E-state index contributed by atoms with van der Waals surface area (Å²) < 4.78 is 6.41. The van der Waals surface area contributed by atoms with E-state index in [0.29, 0.717) is 5.56 Å². The molecule has 0 saturated heterocycles. The predicted molar refractivity (Wildman–Crippen MR) is 146 cm³/mol. The van der Waals surface area contributed by atoms with E-state index in [4.69, 9.17) is 4.74 Å². The molecule has 0 bridgehead atoms. The molecule has 0 spiro atoms. The number of carboxylic acid groups (broad SMARTS) is 1. The van der Waals surface area contributed by atoms with Gasteiger partial charge in [0.2, 0.25) is 0 Å². The molecule has 1 radical (unpaired) electrons. The third-order valence-corrected chi connectivity index (χ3v) is 9.26. The van der Waals surface area contributed by atoms with Gasteiger partial charge in [0, 0.05) is 0 Å². The fourth-order valence-electron chi connectivity index (χ4n) is 4.95. The summed E-state index contributed by atoms with van der Waals surface area (Å²) in [6, 6.07) is 29.3. The van der Waals surface area contributed by atoms with Gasteiger partial charge < -0.3 is 0 Å². The van der Waals surface area contributed by atoms with Crippen LogP contribution in [-0.2, 0) is 6.42 Å². The third-order valence-electron chi connectivity index (χ3n) is 6.73. The molecule has 35 heavy (non-hydrogen) atoms. The van der Waals surface area contributed by atoms with Gasteiger partial charge in [0.1, 0.15) is 0 Å². The molecule has 0 saturated carbocycles. The van der Waals surface area contributed by atoms with E-state index in [2.05, 4.69) is 54.6 Å². The van der Waals surface area contributed by atoms with Crippen molar-refractivity contribution in [3.05, 3.63) is 113 Å².